The zero-order chi connectivity index (χ0) is 13.1. The first-order valence-electron chi connectivity index (χ1n) is 5.29. The van der Waals surface area contributed by atoms with E-state index in [4.69, 9.17) is 4.42 Å². The first-order valence-corrected chi connectivity index (χ1v) is 5.29. The highest BCUT2D eigenvalue weighted by atomic mass is 19.1. The molecule has 0 unspecified atom stereocenters. The van der Waals surface area contributed by atoms with E-state index in [1.165, 1.54) is 6.07 Å². The normalized spacial score (nSPS) is 10.6. The predicted molar refractivity (Wildman–Crippen MR) is 63.5 cm³/mol. The Bertz CT molecular complexity index is 580. The van der Waals surface area contributed by atoms with Gasteiger partial charge in [0.1, 0.15) is 11.5 Å². The molecular weight excluding hydrogens is 239 g/mol. The lowest BCUT2D eigenvalue weighted by Gasteiger charge is -1.99. The van der Waals surface area contributed by atoms with Crippen molar-refractivity contribution in [3.05, 3.63) is 52.0 Å². The molecule has 2 aromatic rings. The molecule has 0 fully saturated rings. The first kappa shape index (κ1) is 12.3. The lowest BCUT2D eigenvalue weighted by molar-refractivity contribution is -0.387. The molecule has 0 spiro atoms. The minimum atomic E-state index is -0.871. The number of hydrogen-bond acceptors (Lipinski definition) is 4. The number of nitro benzene ring substituents is 1. The van der Waals surface area contributed by atoms with Crippen molar-refractivity contribution in [2.45, 2.75) is 6.54 Å². The SMILES string of the molecule is CNCc1ccc(-c2ccc([N+](=O)[O-])c(F)c2)o1. The fraction of sp³-hybridized carbons (Fsp3) is 0.167. The van der Waals surface area contributed by atoms with E-state index in [1.54, 1.807) is 19.2 Å². The number of nitrogens with one attached hydrogen (secondary N) is 1. The van der Waals surface area contributed by atoms with Crippen LogP contribution in [0.15, 0.2) is 34.7 Å². The van der Waals surface area contributed by atoms with E-state index in [1.807, 2.05) is 0 Å². The molecule has 1 heterocycles. The van der Waals surface area contributed by atoms with Gasteiger partial charge in [-0.05, 0) is 31.3 Å². The Labute approximate surface area is 102 Å². The Morgan fingerprint density at radius 1 is 1.39 bits per heavy atom. The summed E-state index contributed by atoms with van der Waals surface area (Å²) in [6.07, 6.45) is 0. The van der Waals surface area contributed by atoms with E-state index in [0.29, 0.717) is 23.6 Å². The zero-order valence-electron chi connectivity index (χ0n) is 9.64. The summed E-state index contributed by atoms with van der Waals surface area (Å²) in [6.45, 7) is 0.565. The molecule has 1 N–H and O–H groups in total. The molecule has 0 atom stereocenters. The zero-order valence-corrected chi connectivity index (χ0v) is 9.64. The highest BCUT2D eigenvalue weighted by Gasteiger charge is 2.15. The fourth-order valence-electron chi connectivity index (χ4n) is 1.61. The number of furan rings is 1. The fourth-order valence-corrected chi connectivity index (χ4v) is 1.61. The van der Waals surface area contributed by atoms with Crippen LogP contribution in [0.1, 0.15) is 5.76 Å². The molecule has 1 aromatic heterocycles. The second kappa shape index (κ2) is 4.97. The summed E-state index contributed by atoms with van der Waals surface area (Å²) < 4.78 is 18.9. The molecule has 94 valence electrons. The number of hydrogen-bond donors (Lipinski definition) is 1. The number of nitro groups is 1. The van der Waals surface area contributed by atoms with Crippen molar-refractivity contribution in [2.75, 3.05) is 7.05 Å². The minimum Gasteiger partial charge on any atom is -0.460 e. The molecule has 0 saturated carbocycles. The summed E-state index contributed by atoms with van der Waals surface area (Å²) in [7, 11) is 1.79. The highest BCUT2D eigenvalue weighted by molar-refractivity contribution is 5.60. The molecule has 0 bridgehead atoms. The largest absolute Gasteiger partial charge is 0.460 e. The molecule has 5 nitrogen and oxygen atoms in total. The van der Waals surface area contributed by atoms with Gasteiger partial charge in [0.25, 0.3) is 0 Å². The number of benzene rings is 1. The molecule has 0 aliphatic rings. The quantitative estimate of drug-likeness (QED) is 0.669. The molecule has 2 rings (SSSR count). The third kappa shape index (κ3) is 2.38. The van der Waals surface area contributed by atoms with Crippen molar-refractivity contribution >= 4 is 5.69 Å². The van der Waals surface area contributed by atoms with Crippen LogP contribution in [0.25, 0.3) is 11.3 Å². The van der Waals surface area contributed by atoms with Crippen LogP contribution in [-0.4, -0.2) is 12.0 Å². The molecule has 6 heteroatoms. The number of rotatable bonds is 4. The van der Waals surface area contributed by atoms with Gasteiger partial charge in [-0.2, -0.15) is 4.39 Å². The van der Waals surface area contributed by atoms with Crippen molar-refractivity contribution in [2.24, 2.45) is 0 Å². The van der Waals surface area contributed by atoms with Crippen molar-refractivity contribution < 1.29 is 13.7 Å². The summed E-state index contributed by atoms with van der Waals surface area (Å²) in [4.78, 5) is 9.74. The van der Waals surface area contributed by atoms with Crippen LogP contribution in [0, 0.1) is 15.9 Å². The Morgan fingerprint density at radius 2 is 2.17 bits per heavy atom. The summed E-state index contributed by atoms with van der Waals surface area (Å²) in [5.41, 5.74) is -0.0683. The second-order valence-electron chi connectivity index (χ2n) is 3.72. The van der Waals surface area contributed by atoms with Crippen molar-refractivity contribution in [1.29, 1.82) is 0 Å². The van der Waals surface area contributed by atoms with E-state index in [9.17, 15) is 14.5 Å². The molecule has 0 saturated heterocycles. The van der Waals surface area contributed by atoms with E-state index in [-0.39, 0.29) is 0 Å². The highest BCUT2D eigenvalue weighted by Crippen LogP contribution is 2.26. The van der Waals surface area contributed by atoms with Crippen LogP contribution in [0.5, 0.6) is 0 Å². The Balaban J connectivity index is 2.33. The smallest absolute Gasteiger partial charge is 0.304 e. The first-order chi connectivity index (χ1) is 8.61. The van der Waals surface area contributed by atoms with Crippen molar-refractivity contribution in [3.63, 3.8) is 0 Å². The molecule has 0 radical (unpaired) electrons. The lowest BCUT2D eigenvalue weighted by atomic mass is 10.1. The van der Waals surface area contributed by atoms with Gasteiger partial charge in [-0.3, -0.25) is 10.1 Å². The molecular formula is C12H11FN2O3. The number of nitrogens with zero attached hydrogens (tertiary/aromatic N) is 1. The van der Waals surface area contributed by atoms with Crippen molar-refractivity contribution in [3.8, 4) is 11.3 Å². The average molecular weight is 250 g/mol. The van der Waals surface area contributed by atoms with Crippen LogP contribution in [-0.2, 0) is 6.54 Å². The summed E-state index contributed by atoms with van der Waals surface area (Å²) in [6, 6.07) is 7.16. The van der Waals surface area contributed by atoms with Crippen LogP contribution in [0.3, 0.4) is 0 Å². The molecule has 0 aliphatic heterocycles. The maximum atomic E-state index is 13.4. The van der Waals surface area contributed by atoms with E-state index < -0.39 is 16.4 Å². The topological polar surface area (TPSA) is 68.3 Å². The Hall–Kier alpha value is -2.21. The van der Waals surface area contributed by atoms with Gasteiger partial charge in [0.05, 0.1) is 11.5 Å². The van der Waals surface area contributed by atoms with Gasteiger partial charge in [0.15, 0.2) is 0 Å². The van der Waals surface area contributed by atoms with Gasteiger partial charge in [0, 0.05) is 11.6 Å². The van der Waals surface area contributed by atoms with Gasteiger partial charge in [0.2, 0.25) is 5.82 Å². The van der Waals surface area contributed by atoms with Gasteiger partial charge >= 0.3 is 5.69 Å². The second-order valence-corrected chi connectivity index (χ2v) is 3.72. The maximum absolute atomic E-state index is 13.4. The van der Waals surface area contributed by atoms with E-state index in [2.05, 4.69) is 5.32 Å². The average Bonchev–Trinajstić information content (AvgIpc) is 2.77. The molecule has 0 amide bonds. The summed E-state index contributed by atoms with van der Waals surface area (Å²) in [5, 5.41) is 13.4. The van der Waals surface area contributed by atoms with Crippen molar-refractivity contribution in [1.82, 2.24) is 5.32 Å². The minimum absolute atomic E-state index is 0.473. The lowest BCUT2D eigenvalue weighted by Crippen LogP contribution is -2.03. The third-order valence-electron chi connectivity index (χ3n) is 2.44. The summed E-state index contributed by atoms with van der Waals surface area (Å²) in [5.74, 6) is 0.323. The summed E-state index contributed by atoms with van der Waals surface area (Å²) >= 11 is 0. The van der Waals surface area contributed by atoms with Crippen LogP contribution >= 0.6 is 0 Å². The third-order valence-corrected chi connectivity index (χ3v) is 2.44. The Morgan fingerprint density at radius 3 is 2.78 bits per heavy atom. The Kier molecular flexibility index (Phi) is 3.38. The van der Waals surface area contributed by atoms with Crippen LogP contribution in [0.2, 0.25) is 0 Å². The molecule has 0 aliphatic carbocycles. The standard InChI is InChI=1S/C12H11FN2O3/c1-14-7-9-3-5-12(18-9)8-2-4-11(15(16)17)10(13)6-8/h2-6,14H,7H2,1H3. The van der Waals surface area contributed by atoms with Gasteiger partial charge in [-0.15, -0.1) is 0 Å². The van der Waals surface area contributed by atoms with Gasteiger partial charge in [-0.25, -0.2) is 0 Å². The van der Waals surface area contributed by atoms with Gasteiger partial charge < -0.3 is 9.73 Å². The van der Waals surface area contributed by atoms with Crippen LogP contribution < -0.4 is 5.32 Å². The van der Waals surface area contributed by atoms with Gasteiger partial charge in [-0.1, -0.05) is 0 Å². The molecule has 18 heavy (non-hydrogen) atoms. The van der Waals surface area contributed by atoms with Crippen LogP contribution in [0.4, 0.5) is 10.1 Å². The van der Waals surface area contributed by atoms with E-state index >= 15 is 0 Å². The maximum Gasteiger partial charge on any atom is 0.304 e. The predicted octanol–water partition coefficient (Wildman–Crippen LogP) is 2.71. The van der Waals surface area contributed by atoms with E-state index in [0.717, 1.165) is 12.1 Å². The monoisotopic (exact) mass is 250 g/mol. The number of halogens is 1. The molecule has 1 aromatic carbocycles.